The molecule has 0 spiro atoms. The van der Waals surface area contributed by atoms with Crippen LogP contribution in [0.3, 0.4) is 0 Å². The minimum absolute atomic E-state index is 0.861. The van der Waals surface area contributed by atoms with Gasteiger partial charge in [0.15, 0.2) is 0 Å². The minimum Gasteiger partial charge on any atom is -0.359 e. The first-order valence-electron chi connectivity index (χ1n) is 6.50. The smallest absolute Gasteiger partial charge is 0.128 e. The summed E-state index contributed by atoms with van der Waals surface area (Å²) >= 11 is 3.50. The molecule has 94 valence electrons. The van der Waals surface area contributed by atoms with E-state index in [0.29, 0.717) is 0 Å². The van der Waals surface area contributed by atoms with Gasteiger partial charge in [-0.25, -0.2) is 4.98 Å². The zero-order valence-corrected chi connectivity index (χ0v) is 12.3. The quantitative estimate of drug-likeness (QED) is 0.832. The standard InChI is InChI=1S/C14H21BrN2/c1-11-8-14(16-9-13(11)15)17(2)10-12-6-4-3-5-7-12/h8-9,12H,3-7,10H2,1-2H3. The lowest BCUT2D eigenvalue weighted by molar-refractivity contribution is 0.361. The molecule has 0 N–H and O–H groups in total. The lowest BCUT2D eigenvalue weighted by atomic mass is 9.89. The van der Waals surface area contributed by atoms with Crippen molar-refractivity contribution < 1.29 is 0 Å². The van der Waals surface area contributed by atoms with Crippen LogP contribution < -0.4 is 4.90 Å². The van der Waals surface area contributed by atoms with Crippen LogP contribution in [-0.2, 0) is 0 Å². The third kappa shape index (κ3) is 3.44. The molecular weight excluding hydrogens is 276 g/mol. The highest BCUT2D eigenvalue weighted by atomic mass is 79.9. The van der Waals surface area contributed by atoms with Crippen LogP contribution in [0.4, 0.5) is 5.82 Å². The van der Waals surface area contributed by atoms with Gasteiger partial charge in [0.05, 0.1) is 0 Å². The zero-order valence-electron chi connectivity index (χ0n) is 10.7. The van der Waals surface area contributed by atoms with Crippen LogP contribution in [0.5, 0.6) is 0 Å². The molecule has 0 radical (unpaired) electrons. The number of rotatable bonds is 3. The molecule has 0 bridgehead atoms. The highest BCUT2D eigenvalue weighted by Gasteiger charge is 2.16. The average molecular weight is 297 g/mol. The molecule has 1 fully saturated rings. The Morgan fingerprint density at radius 2 is 2.06 bits per heavy atom. The van der Waals surface area contributed by atoms with Crippen molar-refractivity contribution in [3.8, 4) is 0 Å². The van der Waals surface area contributed by atoms with Crippen molar-refractivity contribution in [1.29, 1.82) is 0 Å². The Hall–Kier alpha value is -0.570. The van der Waals surface area contributed by atoms with Gasteiger partial charge >= 0.3 is 0 Å². The van der Waals surface area contributed by atoms with Gasteiger partial charge in [0.2, 0.25) is 0 Å². The van der Waals surface area contributed by atoms with Crippen molar-refractivity contribution >= 4 is 21.7 Å². The van der Waals surface area contributed by atoms with E-state index in [9.17, 15) is 0 Å². The molecule has 2 rings (SSSR count). The SMILES string of the molecule is Cc1cc(N(C)CC2CCCCC2)ncc1Br. The van der Waals surface area contributed by atoms with E-state index < -0.39 is 0 Å². The second kappa shape index (κ2) is 5.85. The predicted molar refractivity (Wildman–Crippen MR) is 76.5 cm³/mol. The van der Waals surface area contributed by atoms with Crippen LogP contribution in [-0.4, -0.2) is 18.6 Å². The molecule has 0 aromatic carbocycles. The summed E-state index contributed by atoms with van der Waals surface area (Å²) in [5.74, 6) is 1.95. The molecule has 1 heterocycles. The van der Waals surface area contributed by atoms with Crippen LogP contribution in [0.25, 0.3) is 0 Å². The van der Waals surface area contributed by atoms with Crippen molar-refractivity contribution in [1.82, 2.24) is 4.98 Å². The van der Waals surface area contributed by atoms with Crippen LogP contribution >= 0.6 is 15.9 Å². The zero-order chi connectivity index (χ0) is 12.3. The monoisotopic (exact) mass is 296 g/mol. The summed E-state index contributed by atoms with van der Waals surface area (Å²) in [6, 6.07) is 2.16. The van der Waals surface area contributed by atoms with Gasteiger partial charge in [0, 0.05) is 24.3 Å². The van der Waals surface area contributed by atoms with E-state index in [2.05, 4.69) is 45.9 Å². The van der Waals surface area contributed by atoms with Gasteiger partial charge in [0.25, 0.3) is 0 Å². The fourth-order valence-corrected chi connectivity index (χ4v) is 2.80. The third-order valence-corrected chi connectivity index (χ3v) is 4.51. The summed E-state index contributed by atoms with van der Waals surface area (Å²) in [6.07, 6.45) is 8.92. The van der Waals surface area contributed by atoms with Gasteiger partial charge in [-0.3, -0.25) is 0 Å². The number of nitrogens with zero attached hydrogens (tertiary/aromatic N) is 2. The molecule has 0 aliphatic heterocycles. The summed E-state index contributed by atoms with van der Waals surface area (Å²) in [5.41, 5.74) is 1.26. The molecule has 2 nitrogen and oxygen atoms in total. The van der Waals surface area contributed by atoms with Crippen molar-refractivity contribution in [2.45, 2.75) is 39.0 Å². The highest BCUT2D eigenvalue weighted by molar-refractivity contribution is 9.10. The highest BCUT2D eigenvalue weighted by Crippen LogP contribution is 2.26. The maximum Gasteiger partial charge on any atom is 0.128 e. The Bertz CT molecular complexity index is 372. The van der Waals surface area contributed by atoms with Gasteiger partial charge in [-0.15, -0.1) is 0 Å². The molecule has 17 heavy (non-hydrogen) atoms. The molecule has 3 heteroatoms. The fraction of sp³-hybridized carbons (Fsp3) is 0.643. The second-order valence-electron chi connectivity index (χ2n) is 5.18. The Morgan fingerprint density at radius 3 is 2.71 bits per heavy atom. The number of pyridine rings is 1. The van der Waals surface area contributed by atoms with E-state index in [1.165, 1.54) is 37.7 Å². The average Bonchev–Trinajstić information content (AvgIpc) is 2.34. The number of aromatic nitrogens is 1. The van der Waals surface area contributed by atoms with Gasteiger partial charge in [-0.1, -0.05) is 19.3 Å². The lowest BCUT2D eigenvalue weighted by Gasteiger charge is -2.27. The third-order valence-electron chi connectivity index (χ3n) is 3.68. The molecule has 0 amide bonds. The van der Waals surface area contributed by atoms with E-state index >= 15 is 0 Å². The first-order chi connectivity index (χ1) is 8.16. The summed E-state index contributed by atoms with van der Waals surface area (Å²) in [5, 5.41) is 0. The Balaban J connectivity index is 1.98. The predicted octanol–water partition coefficient (Wildman–Crippen LogP) is 4.17. The minimum atomic E-state index is 0.861. The van der Waals surface area contributed by atoms with Crippen LogP contribution in [0, 0.1) is 12.8 Å². The second-order valence-corrected chi connectivity index (χ2v) is 6.03. The first kappa shape index (κ1) is 12.9. The normalized spacial score (nSPS) is 17.1. The van der Waals surface area contributed by atoms with Gasteiger partial charge < -0.3 is 4.90 Å². The Morgan fingerprint density at radius 1 is 1.35 bits per heavy atom. The Kier molecular flexibility index (Phi) is 4.43. The summed E-state index contributed by atoms with van der Waals surface area (Å²) in [7, 11) is 2.16. The molecule has 1 aliphatic rings. The maximum atomic E-state index is 4.48. The number of aryl methyl sites for hydroxylation is 1. The Labute approximate surface area is 113 Å². The molecule has 0 saturated heterocycles. The summed E-state index contributed by atoms with van der Waals surface area (Å²) in [6.45, 7) is 3.26. The van der Waals surface area contributed by atoms with Crippen molar-refractivity contribution in [3.63, 3.8) is 0 Å². The molecule has 0 unspecified atom stereocenters. The van der Waals surface area contributed by atoms with E-state index in [1.54, 1.807) is 0 Å². The van der Waals surface area contributed by atoms with E-state index in [0.717, 1.165) is 22.8 Å². The van der Waals surface area contributed by atoms with E-state index in [-0.39, 0.29) is 0 Å². The maximum absolute atomic E-state index is 4.48. The van der Waals surface area contributed by atoms with Crippen molar-refractivity contribution in [3.05, 3.63) is 22.3 Å². The summed E-state index contributed by atoms with van der Waals surface area (Å²) < 4.78 is 1.09. The van der Waals surface area contributed by atoms with Gasteiger partial charge in [0.1, 0.15) is 5.82 Å². The number of halogens is 1. The van der Waals surface area contributed by atoms with Crippen LogP contribution in [0.1, 0.15) is 37.7 Å². The fourth-order valence-electron chi connectivity index (χ4n) is 2.58. The van der Waals surface area contributed by atoms with Gasteiger partial charge in [-0.2, -0.15) is 0 Å². The van der Waals surface area contributed by atoms with Crippen LogP contribution in [0.15, 0.2) is 16.7 Å². The summed E-state index contributed by atoms with van der Waals surface area (Å²) in [4.78, 5) is 6.78. The molecular formula is C14H21BrN2. The molecule has 1 aliphatic carbocycles. The molecule has 0 atom stereocenters. The molecule has 1 saturated carbocycles. The molecule has 1 aromatic heterocycles. The van der Waals surface area contributed by atoms with Gasteiger partial charge in [-0.05, 0) is 53.2 Å². The van der Waals surface area contributed by atoms with E-state index in [4.69, 9.17) is 0 Å². The lowest BCUT2D eigenvalue weighted by Crippen LogP contribution is -2.27. The van der Waals surface area contributed by atoms with Crippen LogP contribution in [0.2, 0.25) is 0 Å². The largest absolute Gasteiger partial charge is 0.359 e. The number of hydrogen-bond acceptors (Lipinski definition) is 2. The van der Waals surface area contributed by atoms with Crippen molar-refractivity contribution in [2.24, 2.45) is 5.92 Å². The topological polar surface area (TPSA) is 16.1 Å². The van der Waals surface area contributed by atoms with E-state index in [1.807, 2.05) is 6.20 Å². The van der Waals surface area contributed by atoms with Crippen molar-refractivity contribution in [2.75, 3.05) is 18.5 Å². The number of hydrogen-bond donors (Lipinski definition) is 0. The first-order valence-corrected chi connectivity index (χ1v) is 7.29. The number of anilines is 1. The molecule has 1 aromatic rings.